The molecule has 0 radical (unpaired) electrons. The summed E-state index contributed by atoms with van der Waals surface area (Å²) in [6.07, 6.45) is 9.00. The van der Waals surface area contributed by atoms with E-state index in [4.69, 9.17) is 14.2 Å². The van der Waals surface area contributed by atoms with E-state index in [9.17, 15) is 26.7 Å². The van der Waals surface area contributed by atoms with Crippen LogP contribution in [0.2, 0.25) is 0 Å². The van der Waals surface area contributed by atoms with Gasteiger partial charge in [0, 0.05) is 6.54 Å². The van der Waals surface area contributed by atoms with Crippen molar-refractivity contribution >= 4 is 6.09 Å². The first-order valence-electron chi connectivity index (χ1n) is 13.9. The quantitative estimate of drug-likeness (QED) is 0.0563. The van der Waals surface area contributed by atoms with Crippen LogP contribution in [0.15, 0.2) is 0 Å². The van der Waals surface area contributed by atoms with Crippen LogP contribution in [-0.2, 0) is 14.2 Å². The number of amides is 1. The molecule has 0 aromatic heterocycles. The molecule has 0 spiro atoms. The van der Waals surface area contributed by atoms with Gasteiger partial charge in [-0.15, -0.1) is 0 Å². The summed E-state index contributed by atoms with van der Waals surface area (Å²) in [5.41, 5.74) is 0. The summed E-state index contributed by atoms with van der Waals surface area (Å²) >= 11 is 0. The molecular formula is C28H44F5NO5. The van der Waals surface area contributed by atoms with Gasteiger partial charge in [0.1, 0.15) is 0 Å². The number of halogens is 5. The first kappa shape index (κ1) is 35.0. The minimum Gasteiger partial charge on any atom is -0.404 e. The SMILES string of the molecule is CCCCCCCCCC(CCCCNC(=O)Oc1c(F)c(F)c(F)c(F)c1F)OC(OC(C)C)OC(C)C. The Bertz CT molecular complexity index is 817. The van der Waals surface area contributed by atoms with Crippen molar-refractivity contribution in [3.05, 3.63) is 29.1 Å². The number of ether oxygens (including phenoxy) is 4. The van der Waals surface area contributed by atoms with Gasteiger partial charge in [0.25, 0.3) is 6.48 Å². The number of unbranched alkanes of at least 4 members (excludes halogenated alkanes) is 7. The summed E-state index contributed by atoms with van der Waals surface area (Å²) < 4.78 is 89.1. The molecule has 1 unspecified atom stereocenters. The van der Waals surface area contributed by atoms with Crippen molar-refractivity contribution in [3.63, 3.8) is 0 Å². The molecule has 1 rings (SSSR count). The van der Waals surface area contributed by atoms with Crippen molar-refractivity contribution in [1.82, 2.24) is 5.32 Å². The predicted molar refractivity (Wildman–Crippen MR) is 138 cm³/mol. The Morgan fingerprint density at radius 1 is 0.667 bits per heavy atom. The second-order valence-electron chi connectivity index (χ2n) is 10.0. The fraction of sp³-hybridized carbons (Fsp3) is 0.750. The number of carbonyl (C=O) groups is 1. The molecule has 0 bridgehead atoms. The molecule has 0 aliphatic heterocycles. The van der Waals surface area contributed by atoms with Gasteiger partial charge in [-0.3, -0.25) is 0 Å². The summed E-state index contributed by atoms with van der Waals surface area (Å²) in [5, 5.41) is 2.26. The number of hydrogen-bond acceptors (Lipinski definition) is 5. The molecule has 0 aliphatic rings. The zero-order valence-corrected chi connectivity index (χ0v) is 23.7. The van der Waals surface area contributed by atoms with Crippen LogP contribution in [0.4, 0.5) is 26.7 Å². The summed E-state index contributed by atoms with van der Waals surface area (Å²) in [5.74, 6) is -12.8. The third kappa shape index (κ3) is 13.8. The van der Waals surface area contributed by atoms with E-state index in [1.165, 1.54) is 25.7 Å². The van der Waals surface area contributed by atoms with E-state index in [0.29, 0.717) is 19.3 Å². The summed E-state index contributed by atoms with van der Waals surface area (Å²) in [7, 11) is 0. The first-order valence-corrected chi connectivity index (χ1v) is 13.9. The smallest absolute Gasteiger partial charge is 0.404 e. The molecule has 0 fully saturated rings. The molecule has 0 saturated heterocycles. The van der Waals surface area contributed by atoms with Crippen LogP contribution in [0.3, 0.4) is 0 Å². The van der Waals surface area contributed by atoms with Gasteiger partial charge in [-0.2, -0.15) is 8.78 Å². The van der Waals surface area contributed by atoms with Crippen LogP contribution in [0, 0.1) is 29.1 Å². The highest BCUT2D eigenvalue weighted by atomic mass is 19.2. The molecule has 0 heterocycles. The van der Waals surface area contributed by atoms with Gasteiger partial charge in [0.2, 0.25) is 34.8 Å². The maximum absolute atomic E-state index is 13.7. The first-order chi connectivity index (χ1) is 18.5. The summed E-state index contributed by atoms with van der Waals surface area (Å²) in [4.78, 5) is 11.9. The second-order valence-corrected chi connectivity index (χ2v) is 10.0. The molecule has 1 aromatic rings. The molecule has 39 heavy (non-hydrogen) atoms. The fourth-order valence-corrected chi connectivity index (χ4v) is 3.80. The number of carbonyl (C=O) groups excluding carboxylic acids is 1. The highest BCUT2D eigenvalue weighted by Crippen LogP contribution is 2.29. The Balaban J connectivity index is 2.58. The van der Waals surface area contributed by atoms with E-state index >= 15 is 0 Å². The lowest BCUT2D eigenvalue weighted by Gasteiger charge is -2.27. The Kier molecular flexibility index (Phi) is 17.2. The van der Waals surface area contributed by atoms with Crippen molar-refractivity contribution in [2.75, 3.05) is 6.54 Å². The summed E-state index contributed by atoms with van der Waals surface area (Å²) in [6, 6.07) is 0. The van der Waals surface area contributed by atoms with Gasteiger partial charge >= 0.3 is 6.09 Å². The van der Waals surface area contributed by atoms with Gasteiger partial charge < -0.3 is 24.3 Å². The van der Waals surface area contributed by atoms with Crippen molar-refractivity contribution in [2.45, 2.75) is 130 Å². The van der Waals surface area contributed by atoms with E-state index in [-0.39, 0.29) is 24.9 Å². The van der Waals surface area contributed by atoms with Crippen LogP contribution in [-0.4, -0.2) is 37.4 Å². The van der Waals surface area contributed by atoms with Crippen LogP contribution in [0.5, 0.6) is 5.75 Å². The minimum atomic E-state index is -2.33. The molecular weight excluding hydrogens is 525 g/mol. The maximum atomic E-state index is 13.7. The number of benzene rings is 1. The fourth-order valence-electron chi connectivity index (χ4n) is 3.80. The molecule has 11 heteroatoms. The molecule has 1 amide bonds. The third-order valence-corrected chi connectivity index (χ3v) is 5.79. The Labute approximate surface area is 228 Å². The van der Waals surface area contributed by atoms with E-state index in [2.05, 4.69) is 17.0 Å². The van der Waals surface area contributed by atoms with E-state index in [0.717, 1.165) is 25.7 Å². The lowest BCUT2D eigenvalue weighted by Crippen LogP contribution is -2.32. The van der Waals surface area contributed by atoms with Crippen molar-refractivity contribution in [1.29, 1.82) is 0 Å². The summed E-state index contributed by atoms with van der Waals surface area (Å²) in [6.45, 7) is 9.00. The second kappa shape index (κ2) is 19.2. The highest BCUT2D eigenvalue weighted by Gasteiger charge is 2.28. The van der Waals surface area contributed by atoms with Gasteiger partial charge in [-0.25, -0.2) is 18.0 Å². The van der Waals surface area contributed by atoms with Crippen LogP contribution in [0.1, 0.15) is 105 Å². The average molecular weight is 570 g/mol. The number of rotatable bonds is 20. The van der Waals surface area contributed by atoms with Crippen LogP contribution in [0.25, 0.3) is 0 Å². The number of hydrogen-bond donors (Lipinski definition) is 1. The monoisotopic (exact) mass is 569 g/mol. The Hall–Kier alpha value is -1.98. The lowest BCUT2D eigenvalue weighted by atomic mass is 10.0. The molecule has 6 nitrogen and oxygen atoms in total. The average Bonchev–Trinajstić information content (AvgIpc) is 2.87. The molecule has 226 valence electrons. The molecule has 0 aliphatic carbocycles. The largest absolute Gasteiger partial charge is 0.412 e. The number of nitrogens with one attached hydrogen (secondary N) is 1. The van der Waals surface area contributed by atoms with Crippen molar-refractivity contribution in [3.8, 4) is 5.75 Å². The lowest BCUT2D eigenvalue weighted by molar-refractivity contribution is -0.327. The zero-order chi connectivity index (χ0) is 29.4. The normalized spacial score (nSPS) is 12.5. The molecule has 0 saturated carbocycles. The van der Waals surface area contributed by atoms with Gasteiger partial charge in [0.15, 0.2) is 0 Å². The Morgan fingerprint density at radius 3 is 1.64 bits per heavy atom. The van der Waals surface area contributed by atoms with Crippen LogP contribution < -0.4 is 10.1 Å². The van der Waals surface area contributed by atoms with Gasteiger partial charge in [-0.05, 0) is 53.4 Å². The van der Waals surface area contributed by atoms with Crippen molar-refractivity contribution < 1.29 is 45.7 Å². The molecule has 1 atom stereocenters. The zero-order valence-electron chi connectivity index (χ0n) is 23.7. The van der Waals surface area contributed by atoms with Gasteiger partial charge in [0.05, 0.1) is 18.3 Å². The van der Waals surface area contributed by atoms with E-state index < -0.39 is 47.4 Å². The van der Waals surface area contributed by atoms with Crippen LogP contribution >= 0.6 is 0 Å². The van der Waals surface area contributed by atoms with Gasteiger partial charge in [-0.1, -0.05) is 51.9 Å². The van der Waals surface area contributed by atoms with E-state index in [1.807, 2.05) is 27.7 Å². The standard InChI is InChI=1S/C28H44F5NO5/c1-6-7-8-9-10-11-12-15-20(38-28(36-18(2)3)37-19(4)5)16-13-14-17-34-27(35)39-26-24(32)22(30)21(29)23(31)25(26)33/h18-20,28H,6-17H2,1-5H3,(H,34,35). The molecule has 1 N–H and O–H groups in total. The van der Waals surface area contributed by atoms with E-state index in [1.54, 1.807) is 0 Å². The van der Waals surface area contributed by atoms with Crippen molar-refractivity contribution in [2.24, 2.45) is 0 Å². The minimum absolute atomic E-state index is 0.0623. The predicted octanol–water partition coefficient (Wildman–Crippen LogP) is 8.30. The highest BCUT2D eigenvalue weighted by molar-refractivity contribution is 5.70. The third-order valence-electron chi connectivity index (χ3n) is 5.79. The molecule has 1 aromatic carbocycles. The topological polar surface area (TPSA) is 66.0 Å². The Morgan fingerprint density at radius 2 is 1.13 bits per heavy atom. The maximum Gasteiger partial charge on any atom is 0.412 e.